The number of halogens is 1. The first-order valence-electron chi connectivity index (χ1n) is 8.77. The second kappa shape index (κ2) is 8.27. The first-order chi connectivity index (χ1) is 12.5. The van der Waals surface area contributed by atoms with Crippen molar-refractivity contribution in [1.29, 1.82) is 0 Å². The maximum absolute atomic E-state index is 14.5. The van der Waals surface area contributed by atoms with Crippen LogP contribution in [0.4, 0.5) is 15.8 Å². The number of nitrogens with zero attached hydrogens (tertiary/aromatic N) is 1. The average molecular weight is 371 g/mol. The van der Waals surface area contributed by atoms with Gasteiger partial charge in [-0.2, -0.15) is 0 Å². The number of nitrogens with one attached hydrogen (secondary N) is 2. The lowest BCUT2D eigenvalue weighted by molar-refractivity contribution is 0.0977. The molecule has 2 aromatic rings. The zero-order valence-corrected chi connectivity index (χ0v) is 15.5. The molecule has 0 spiro atoms. The van der Waals surface area contributed by atoms with Gasteiger partial charge in [-0.15, -0.1) is 0 Å². The summed E-state index contributed by atoms with van der Waals surface area (Å²) in [6, 6.07) is 12.2. The van der Waals surface area contributed by atoms with Crippen LogP contribution in [0.5, 0.6) is 0 Å². The van der Waals surface area contributed by atoms with E-state index in [-0.39, 0.29) is 16.8 Å². The summed E-state index contributed by atoms with van der Waals surface area (Å²) in [5.41, 5.74) is 2.55. The van der Waals surface area contributed by atoms with E-state index in [9.17, 15) is 9.18 Å². The smallest absolute Gasteiger partial charge is 0.257 e. The zero-order valence-electron chi connectivity index (χ0n) is 14.7. The molecule has 1 amide bonds. The Kier molecular flexibility index (Phi) is 5.83. The summed E-state index contributed by atoms with van der Waals surface area (Å²) in [6.45, 7) is 3.63. The SMILES string of the molecule is Cc1ccccc1C(=O)NC(=S)Nc1ccc(N2CCCCC2)c(F)c1. The molecule has 4 nitrogen and oxygen atoms in total. The molecule has 2 N–H and O–H groups in total. The van der Waals surface area contributed by atoms with Gasteiger partial charge < -0.3 is 10.2 Å². The van der Waals surface area contributed by atoms with E-state index < -0.39 is 0 Å². The van der Waals surface area contributed by atoms with Crippen LogP contribution < -0.4 is 15.5 Å². The van der Waals surface area contributed by atoms with Gasteiger partial charge in [0.15, 0.2) is 5.11 Å². The Morgan fingerprint density at radius 3 is 2.54 bits per heavy atom. The molecule has 0 radical (unpaired) electrons. The average Bonchev–Trinajstić information content (AvgIpc) is 2.62. The van der Waals surface area contributed by atoms with E-state index >= 15 is 0 Å². The third-order valence-corrected chi connectivity index (χ3v) is 4.72. The highest BCUT2D eigenvalue weighted by Gasteiger charge is 2.15. The van der Waals surface area contributed by atoms with Gasteiger partial charge in [-0.05, 0) is 68.2 Å². The van der Waals surface area contributed by atoms with Gasteiger partial charge in [0.05, 0.1) is 5.69 Å². The molecule has 0 saturated carbocycles. The molecule has 0 aliphatic carbocycles. The number of piperidine rings is 1. The van der Waals surface area contributed by atoms with Crippen LogP contribution in [0.3, 0.4) is 0 Å². The normalized spacial score (nSPS) is 14.0. The number of carbonyl (C=O) groups is 1. The highest BCUT2D eigenvalue weighted by Crippen LogP contribution is 2.25. The molecule has 3 rings (SSSR count). The van der Waals surface area contributed by atoms with Crippen molar-refractivity contribution < 1.29 is 9.18 Å². The summed E-state index contributed by atoms with van der Waals surface area (Å²) in [4.78, 5) is 14.3. The van der Waals surface area contributed by atoms with E-state index in [0.29, 0.717) is 16.9 Å². The van der Waals surface area contributed by atoms with Gasteiger partial charge in [-0.1, -0.05) is 18.2 Å². The van der Waals surface area contributed by atoms with E-state index in [2.05, 4.69) is 15.5 Å². The van der Waals surface area contributed by atoms with Crippen LogP contribution in [0.15, 0.2) is 42.5 Å². The molecular weight excluding hydrogens is 349 g/mol. The molecule has 2 aromatic carbocycles. The molecule has 1 saturated heterocycles. The van der Waals surface area contributed by atoms with E-state index in [1.807, 2.05) is 19.1 Å². The standard InChI is InChI=1S/C20H22FN3OS/c1-14-7-3-4-8-16(14)19(25)23-20(26)22-15-9-10-18(17(21)13-15)24-11-5-2-6-12-24/h3-4,7-10,13H,2,5-6,11-12H2,1H3,(H2,22,23,25,26). The molecule has 0 aromatic heterocycles. The van der Waals surface area contributed by atoms with Gasteiger partial charge in [0.25, 0.3) is 5.91 Å². The first-order valence-corrected chi connectivity index (χ1v) is 9.18. The molecule has 1 aliphatic heterocycles. The fraction of sp³-hybridized carbons (Fsp3) is 0.300. The maximum atomic E-state index is 14.5. The van der Waals surface area contributed by atoms with Crippen molar-refractivity contribution in [1.82, 2.24) is 5.32 Å². The van der Waals surface area contributed by atoms with E-state index in [0.717, 1.165) is 31.5 Å². The molecule has 1 fully saturated rings. The highest BCUT2D eigenvalue weighted by atomic mass is 32.1. The van der Waals surface area contributed by atoms with Crippen molar-refractivity contribution >= 4 is 34.6 Å². The fourth-order valence-corrected chi connectivity index (χ4v) is 3.35. The zero-order chi connectivity index (χ0) is 18.5. The largest absolute Gasteiger partial charge is 0.369 e. The molecule has 0 unspecified atom stereocenters. The van der Waals surface area contributed by atoms with Crippen LogP contribution in [-0.2, 0) is 0 Å². The second-order valence-corrected chi connectivity index (χ2v) is 6.85. The number of anilines is 2. The summed E-state index contributed by atoms with van der Waals surface area (Å²) in [7, 11) is 0. The molecule has 0 bridgehead atoms. The fourth-order valence-electron chi connectivity index (χ4n) is 3.14. The van der Waals surface area contributed by atoms with E-state index in [1.165, 1.54) is 12.5 Å². The molecule has 1 aliphatic rings. The topological polar surface area (TPSA) is 44.4 Å². The van der Waals surface area contributed by atoms with Crippen LogP contribution in [0.25, 0.3) is 0 Å². The Balaban J connectivity index is 1.63. The molecular formula is C20H22FN3OS. The van der Waals surface area contributed by atoms with Gasteiger partial charge in [0.2, 0.25) is 0 Å². The predicted molar refractivity (Wildman–Crippen MR) is 107 cm³/mol. The summed E-state index contributed by atoms with van der Waals surface area (Å²) in [5, 5.41) is 5.65. The third-order valence-electron chi connectivity index (χ3n) is 4.52. The molecule has 26 heavy (non-hydrogen) atoms. The Morgan fingerprint density at radius 1 is 1.12 bits per heavy atom. The quantitative estimate of drug-likeness (QED) is 0.792. The maximum Gasteiger partial charge on any atom is 0.257 e. The van der Waals surface area contributed by atoms with Crippen LogP contribution in [-0.4, -0.2) is 24.1 Å². The summed E-state index contributed by atoms with van der Waals surface area (Å²) >= 11 is 5.18. The van der Waals surface area contributed by atoms with Crippen LogP contribution >= 0.6 is 12.2 Å². The van der Waals surface area contributed by atoms with E-state index in [4.69, 9.17) is 12.2 Å². The summed E-state index contributed by atoms with van der Waals surface area (Å²) in [5.74, 6) is -0.573. The van der Waals surface area contributed by atoms with Crippen LogP contribution in [0.2, 0.25) is 0 Å². The number of thiocarbonyl (C=S) groups is 1. The summed E-state index contributed by atoms with van der Waals surface area (Å²) < 4.78 is 14.5. The van der Waals surface area contributed by atoms with Gasteiger partial charge in [-0.25, -0.2) is 4.39 Å². The monoisotopic (exact) mass is 371 g/mol. The van der Waals surface area contributed by atoms with Gasteiger partial charge >= 0.3 is 0 Å². The number of rotatable bonds is 3. The van der Waals surface area contributed by atoms with Gasteiger partial charge in [-0.3, -0.25) is 10.1 Å². The number of amides is 1. The lowest BCUT2D eigenvalue weighted by Crippen LogP contribution is -2.34. The number of hydrogen-bond acceptors (Lipinski definition) is 3. The predicted octanol–water partition coefficient (Wildman–Crippen LogP) is 4.25. The molecule has 6 heteroatoms. The lowest BCUT2D eigenvalue weighted by atomic mass is 10.1. The first kappa shape index (κ1) is 18.3. The minimum Gasteiger partial charge on any atom is -0.369 e. The van der Waals surface area contributed by atoms with Crippen molar-refractivity contribution in [3.8, 4) is 0 Å². The minimum absolute atomic E-state index is 0.142. The van der Waals surface area contributed by atoms with Gasteiger partial charge in [0.1, 0.15) is 5.82 Å². The van der Waals surface area contributed by atoms with Gasteiger partial charge in [0, 0.05) is 24.3 Å². The van der Waals surface area contributed by atoms with E-state index in [1.54, 1.807) is 24.3 Å². The van der Waals surface area contributed by atoms with Crippen molar-refractivity contribution in [3.05, 3.63) is 59.4 Å². The van der Waals surface area contributed by atoms with Crippen molar-refractivity contribution in [3.63, 3.8) is 0 Å². The van der Waals surface area contributed by atoms with Crippen LogP contribution in [0, 0.1) is 12.7 Å². The number of carbonyl (C=O) groups excluding carboxylic acids is 1. The Bertz CT molecular complexity index is 818. The molecule has 136 valence electrons. The lowest BCUT2D eigenvalue weighted by Gasteiger charge is -2.29. The number of hydrogen-bond donors (Lipinski definition) is 2. The number of benzene rings is 2. The summed E-state index contributed by atoms with van der Waals surface area (Å²) in [6.07, 6.45) is 3.38. The minimum atomic E-state index is -0.287. The molecule has 1 heterocycles. The van der Waals surface area contributed by atoms with Crippen molar-refractivity contribution in [2.75, 3.05) is 23.3 Å². The van der Waals surface area contributed by atoms with Crippen LogP contribution in [0.1, 0.15) is 35.2 Å². The third kappa shape index (κ3) is 4.38. The highest BCUT2D eigenvalue weighted by molar-refractivity contribution is 7.80. The Hall–Kier alpha value is -2.47. The Morgan fingerprint density at radius 2 is 1.85 bits per heavy atom. The van der Waals surface area contributed by atoms with Crippen molar-refractivity contribution in [2.45, 2.75) is 26.2 Å². The second-order valence-electron chi connectivity index (χ2n) is 6.44. The Labute approximate surface area is 158 Å². The number of aryl methyl sites for hydroxylation is 1. The molecule has 0 atom stereocenters. The van der Waals surface area contributed by atoms with Crippen molar-refractivity contribution in [2.24, 2.45) is 0 Å².